The fraction of sp³-hybridized carbons (Fsp3) is 0.240. The molecular weight excluding hydrogens is 432 g/mol. The van der Waals surface area contributed by atoms with Crippen LogP contribution >= 0.6 is 23.2 Å². The van der Waals surface area contributed by atoms with E-state index >= 15 is 0 Å². The zero-order valence-corrected chi connectivity index (χ0v) is 18.8. The van der Waals surface area contributed by atoms with E-state index in [1.807, 2.05) is 37.5 Å². The van der Waals surface area contributed by atoms with Gasteiger partial charge in [0.25, 0.3) is 0 Å². The lowest BCUT2D eigenvalue weighted by Crippen LogP contribution is -2.40. The maximum absolute atomic E-state index is 13.7. The molecule has 3 aromatic rings. The first-order chi connectivity index (χ1) is 14.9. The smallest absolute Gasteiger partial charge is 0.123 e. The number of nitrogens with zero attached hydrogens (tertiary/aromatic N) is 2. The van der Waals surface area contributed by atoms with Crippen molar-refractivity contribution in [2.45, 2.75) is 25.8 Å². The number of hydrogen-bond donors (Lipinski definition) is 1. The molecule has 1 saturated heterocycles. The molecule has 3 nitrogen and oxygen atoms in total. The molecule has 6 heteroatoms. The molecular formula is C25H24Cl2FN3. The molecule has 0 unspecified atom stereocenters. The van der Waals surface area contributed by atoms with Crippen molar-refractivity contribution in [3.05, 3.63) is 81.8 Å². The summed E-state index contributed by atoms with van der Waals surface area (Å²) in [6.45, 7) is 3.69. The highest BCUT2D eigenvalue weighted by Gasteiger charge is 2.22. The third-order valence-corrected chi connectivity index (χ3v) is 6.06. The van der Waals surface area contributed by atoms with Crippen LogP contribution in [0.25, 0.3) is 22.8 Å². The van der Waals surface area contributed by atoms with Crippen LogP contribution in [0.5, 0.6) is 0 Å². The average Bonchev–Trinajstić information content (AvgIpc) is 2.73. The zero-order valence-electron chi connectivity index (χ0n) is 17.3. The van der Waals surface area contributed by atoms with Crippen LogP contribution in [0, 0.1) is 5.82 Å². The molecule has 0 saturated carbocycles. The Morgan fingerprint density at radius 1 is 1.10 bits per heavy atom. The van der Waals surface area contributed by atoms with E-state index in [4.69, 9.17) is 28.9 Å². The van der Waals surface area contributed by atoms with Gasteiger partial charge in [-0.1, -0.05) is 35.3 Å². The zero-order chi connectivity index (χ0) is 22.0. The lowest BCUT2D eigenvalue weighted by molar-refractivity contribution is 0.501. The fourth-order valence-corrected chi connectivity index (χ4v) is 4.55. The van der Waals surface area contributed by atoms with Crippen molar-refractivity contribution in [1.82, 2.24) is 4.98 Å². The second kappa shape index (κ2) is 9.39. The van der Waals surface area contributed by atoms with Crippen molar-refractivity contribution in [2.75, 3.05) is 18.0 Å². The van der Waals surface area contributed by atoms with Gasteiger partial charge in [-0.15, -0.1) is 0 Å². The molecule has 0 spiro atoms. The maximum Gasteiger partial charge on any atom is 0.123 e. The Kier molecular flexibility index (Phi) is 6.61. The average molecular weight is 456 g/mol. The van der Waals surface area contributed by atoms with Crippen molar-refractivity contribution < 1.29 is 4.39 Å². The van der Waals surface area contributed by atoms with E-state index in [9.17, 15) is 4.39 Å². The molecule has 4 rings (SSSR count). The number of rotatable bonds is 4. The lowest BCUT2D eigenvalue weighted by Gasteiger charge is -2.34. The highest BCUT2D eigenvalue weighted by Crippen LogP contribution is 2.38. The van der Waals surface area contributed by atoms with E-state index in [0.29, 0.717) is 10.0 Å². The van der Waals surface area contributed by atoms with Gasteiger partial charge in [0.1, 0.15) is 5.82 Å². The quantitative estimate of drug-likeness (QED) is 0.476. The highest BCUT2D eigenvalue weighted by atomic mass is 35.5. The summed E-state index contributed by atoms with van der Waals surface area (Å²) in [5, 5.41) is 1.15. The Morgan fingerprint density at radius 3 is 2.48 bits per heavy atom. The topological polar surface area (TPSA) is 42.2 Å². The first kappa shape index (κ1) is 21.8. The summed E-state index contributed by atoms with van der Waals surface area (Å²) < 4.78 is 13.7. The number of anilines is 1. The minimum Gasteiger partial charge on any atom is -0.370 e. The standard InChI is InChI=1S/C25H24Cl2FN3/c1-16(17-3-2-4-22(28)12-17)9-19-14-30-15-24(18-10-20(26)13-21(27)11-18)25(19)31-7-5-23(29)6-8-31/h2-4,9-15,23H,5-8,29H2,1H3. The molecule has 1 fully saturated rings. The predicted octanol–water partition coefficient (Wildman–Crippen LogP) is 6.68. The third-order valence-electron chi connectivity index (χ3n) is 5.63. The second-order valence-electron chi connectivity index (χ2n) is 7.95. The molecule has 160 valence electrons. The van der Waals surface area contributed by atoms with Gasteiger partial charge < -0.3 is 10.6 Å². The van der Waals surface area contributed by atoms with Crippen LogP contribution in [-0.2, 0) is 0 Å². The molecule has 1 aromatic heterocycles. The predicted molar refractivity (Wildman–Crippen MR) is 129 cm³/mol. The molecule has 0 radical (unpaired) electrons. The van der Waals surface area contributed by atoms with Gasteiger partial charge >= 0.3 is 0 Å². The molecule has 1 aliphatic rings. The van der Waals surface area contributed by atoms with Gasteiger partial charge in [0.15, 0.2) is 0 Å². The van der Waals surface area contributed by atoms with Crippen LogP contribution in [0.2, 0.25) is 10.0 Å². The van der Waals surface area contributed by atoms with Gasteiger partial charge in [0.2, 0.25) is 0 Å². The van der Waals surface area contributed by atoms with E-state index in [1.165, 1.54) is 6.07 Å². The first-order valence-electron chi connectivity index (χ1n) is 10.3. The van der Waals surface area contributed by atoms with Crippen LogP contribution < -0.4 is 10.6 Å². The van der Waals surface area contributed by atoms with Crippen molar-refractivity contribution >= 4 is 40.5 Å². The lowest BCUT2D eigenvalue weighted by atomic mass is 9.97. The van der Waals surface area contributed by atoms with Crippen LogP contribution in [0.3, 0.4) is 0 Å². The van der Waals surface area contributed by atoms with Gasteiger partial charge in [-0.25, -0.2) is 4.39 Å². The van der Waals surface area contributed by atoms with E-state index in [1.54, 1.807) is 18.2 Å². The SMILES string of the molecule is CC(=Cc1cncc(-c2cc(Cl)cc(Cl)c2)c1N1CCC(N)CC1)c1cccc(F)c1. The Hall–Kier alpha value is -2.40. The molecule has 2 heterocycles. The highest BCUT2D eigenvalue weighted by molar-refractivity contribution is 6.35. The summed E-state index contributed by atoms with van der Waals surface area (Å²) in [5.74, 6) is -0.254. The summed E-state index contributed by atoms with van der Waals surface area (Å²) >= 11 is 12.6. The summed E-state index contributed by atoms with van der Waals surface area (Å²) in [5.41, 5.74) is 11.8. The number of pyridine rings is 1. The van der Waals surface area contributed by atoms with Gasteiger partial charge in [0, 0.05) is 52.7 Å². The third kappa shape index (κ3) is 5.09. The summed E-state index contributed by atoms with van der Waals surface area (Å²) in [7, 11) is 0. The summed E-state index contributed by atoms with van der Waals surface area (Å²) in [4.78, 5) is 6.85. The van der Waals surface area contributed by atoms with E-state index in [0.717, 1.165) is 59.4 Å². The number of benzene rings is 2. The van der Waals surface area contributed by atoms with Gasteiger partial charge in [-0.3, -0.25) is 4.98 Å². The van der Waals surface area contributed by atoms with E-state index < -0.39 is 0 Å². The second-order valence-corrected chi connectivity index (χ2v) is 8.82. The van der Waals surface area contributed by atoms with Gasteiger partial charge in [-0.05, 0) is 72.9 Å². The molecule has 0 bridgehead atoms. The molecule has 31 heavy (non-hydrogen) atoms. The molecule has 2 aromatic carbocycles. The van der Waals surface area contributed by atoms with Crippen molar-refractivity contribution in [2.24, 2.45) is 5.73 Å². The number of piperidine rings is 1. The van der Waals surface area contributed by atoms with E-state index in [-0.39, 0.29) is 11.9 Å². The Morgan fingerprint density at radius 2 is 1.81 bits per heavy atom. The molecule has 2 N–H and O–H groups in total. The first-order valence-corrected chi connectivity index (χ1v) is 11.1. The Bertz CT molecular complexity index is 1100. The van der Waals surface area contributed by atoms with Crippen LogP contribution in [0.1, 0.15) is 30.9 Å². The van der Waals surface area contributed by atoms with Crippen molar-refractivity contribution in [3.8, 4) is 11.1 Å². The molecule has 0 amide bonds. The van der Waals surface area contributed by atoms with Crippen molar-refractivity contribution in [3.63, 3.8) is 0 Å². The minimum absolute atomic E-state index is 0.218. The molecule has 0 atom stereocenters. The molecule has 1 aliphatic heterocycles. The Balaban J connectivity index is 1.86. The fourth-order valence-electron chi connectivity index (χ4n) is 4.02. The van der Waals surface area contributed by atoms with Crippen LogP contribution in [0.15, 0.2) is 54.9 Å². The largest absolute Gasteiger partial charge is 0.370 e. The number of nitrogens with two attached hydrogens (primary N) is 1. The maximum atomic E-state index is 13.7. The van der Waals surface area contributed by atoms with Crippen LogP contribution in [-0.4, -0.2) is 24.1 Å². The molecule has 0 aliphatic carbocycles. The normalized spacial score (nSPS) is 15.4. The van der Waals surface area contributed by atoms with E-state index in [2.05, 4.69) is 16.0 Å². The monoisotopic (exact) mass is 455 g/mol. The number of halogens is 3. The number of aromatic nitrogens is 1. The van der Waals surface area contributed by atoms with Crippen molar-refractivity contribution in [1.29, 1.82) is 0 Å². The number of allylic oxidation sites excluding steroid dienone is 1. The number of hydrogen-bond acceptors (Lipinski definition) is 3. The summed E-state index contributed by atoms with van der Waals surface area (Å²) in [6.07, 6.45) is 7.60. The Labute approximate surface area is 192 Å². The summed E-state index contributed by atoms with van der Waals surface area (Å²) in [6, 6.07) is 12.4. The van der Waals surface area contributed by atoms with Gasteiger partial charge in [0.05, 0.1) is 5.69 Å². The van der Waals surface area contributed by atoms with Crippen LogP contribution in [0.4, 0.5) is 10.1 Å². The minimum atomic E-state index is -0.254. The van der Waals surface area contributed by atoms with Gasteiger partial charge in [-0.2, -0.15) is 0 Å².